The van der Waals surface area contributed by atoms with Gasteiger partial charge in [-0.25, -0.2) is 4.39 Å². The average Bonchev–Trinajstić information content (AvgIpc) is 2.01. The van der Waals surface area contributed by atoms with Crippen molar-refractivity contribution in [2.45, 2.75) is 0 Å². The number of hydrogen-bond acceptors (Lipinski definition) is 1. The molecule has 1 nitrogen and oxygen atoms in total. The lowest BCUT2D eigenvalue weighted by molar-refractivity contribution is 0.111. The molecule has 0 aliphatic heterocycles. The van der Waals surface area contributed by atoms with Crippen molar-refractivity contribution in [3.63, 3.8) is 0 Å². The van der Waals surface area contributed by atoms with Gasteiger partial charge in [0.25, 0.3) is 0 Å². The fraction of sp³-hybridized carbons (Fsp3) is 0. The van der Waals surface area contributed by atoms with Gasteiger partial charge in [0.1, 0.15) is 5.82 Å². The van der Waals surface area contributed by atoms with Gasteiger partial charge in [-0.05, 0) is 50.7 Å². The van der Waals surface area contributed by atoms with E-state index in [4.69, 9.17) is 0 Å². The molecule has 1 rings (SSSR count). The van der Waals surface area contributed by atoms with E-state index in [1.165, 1.54) is 6.07 Å². The minimum absolute atomic E-state index is 0.0950. The highest BCUT2D eigenvalue weighted by Gasteiger charge is 2.07. The molecule has 0 bridgehead atoms. The number of benzene rings is 1. The molecule has 0 atom stereocenters. The van der Waals surface area contributed by atoms with Crippen LogP contribution in [0.1, 0.15) is 10.4 Å². The first kappa shape index (κ1) is 9.12. The van der Waals surface area contributed by atoms with E-state index < -0.39 is 5.82 Å². The summed E-state index contributed by atoms with van der Waals surface area (Å²) >= 11 is 4.98. The highest BCUT2D eigenvalue weighted by molar-refractivity contribution is 14.1. The van der Waals surface area contributed by atoms with Crippen LogP contribution >= 0.6 is 38.5 Å². The van der Waals surface area contributed by atoms with Crippen LogP contribution in [0.3, 0.4) is 0 Å². The van der Waals surface area contributed by atoms with Crippen molar-refractivity contribution < 1.29 is 9.18 Å². The zero-order chi connectivity index (χ0) is 8.43. The first-order valence-corrected chi connectivity index (χ1v) is 4.62. The van der Waals surface area contributed by atoms with E-state index in [1.807, 2.05) is 22.6 Å². The fourth-order valence-electron chi connectivity index (χ4n) is 0.632. The molecule has 0 heterocycles. The average molecular weight is 329 g/mol. The highest BCUT2D eigenvalue weighted by atomic mass is 127. The molecule has 4 heteroatoms. The minimum Gasteiger partial charge on any atom is -0.298 e. The van der Waals surface area contributed by atoms with Crippen LogP contribution in [0.15, 0.2) is 16.6 Å². The summed E-state index contributed by atoms with van der Waals surface area (Å²) in [7, 11) is 0. The highest BCUT2D eigenvalue weighted by Crippen LogP contribution is 2.23. The molecule has 0 aromatic heterocycles. The Bertz CT molecular complexity index is 301. The van der Waals surface area contributed by atoms with Gasteiger partial charge in [-0.2, -0.15) is 0 Å². The lowest BCUT2D eigenvalue weighted by atomic mass is 10.2. The lowest BCUT2D eigenvalue weighted by Gasteiger charge is -1.98. The minimum atomic E-state index is -0.463. The molecular weight excluding hydrogens is 326 g/mol. The van der Waals surface area contributed by atoms with E-state index >= 15 is 0 Å². The largest absolute Gasteiger partial charge is 0.298 e. The summed E-state index contributed by atoms with van der Waals surface area (Å²) in [6.07, 6.45) is 0.504. The van der Waals surface area contributed by atoms with Crippen molar-refractivity contribution >= 4 is 44.8 Å². The van der Waals surface area contributed by atoms with Gasteiger partial charge in [0.2, 0.25) is 0 Å². The van der Waals surface area contributed by atoms with Crippen LogP contribution in [0.2, 0.25) is 0 Å². The second-order valence-corrected chi connectivity index (χ2v) is 3.82. The molecule has 0 spiro atoms. The van der Waals surface area contributed by atoms with Gasteiger partial charge in [0, 0.05) is 4.47 Å². The Hall–Kier alpha value is 0.0300. The molecule has 0 saturated heterocycles. The molecule has 0 N–H and O–H groups in total. The second-order valence-electron chi connectivity index (χ2n) is 1.88. The number of hydrogen-bond donors (Lipinski definition) is 0. The molecule has 0 saturated carbocycles. The third-order valence-electron chi connectivity index (χ3n) is 1.19. The summed E-state index contributed by atoms with van der Waals surface area (Å²) in [5.41, 5.74) is 0.0950. The maximum atomic E-state index is 13.0. The topological polar surface area (TPSA) is 17.1 Å². The van der Waals surface area contributed by atoms with Gasteiger partial charge in [0.05, 0.1) is 9.13 Å². The smallest absolute Gasteiger partial charge is 0.153 e. The van der Waals surface area contributed by atoms with Crippen molar-refractivity contribution in [2.75, 3.05) is 0 Å². The van der Waals surface area contributed by atoms with Gasteiger partial charge < -0.3 is 0 Å². The summed E-state index contributed by atoms with van der Waals surface area (Å²) in [5, 5.41) is 0. The first-order chi connectivity index (χ1) is 5.16. The summed E-state index contributed by atoms with van der Waals surface area (Å²) in [6.45, 7) is 0. The predicted octanol–water partition coefficient (Wildman–Crippen LogP) is 3.01. The Labute approximate surface area is 85.3 Å². The molecule has 0 aliphatic carbocycles. The van der Waals surface area contributed by atoms with Crippen LogP contribution in [-0.2, 0) is 0 Å². The van der Waals surface area contributed by atoms with Crippen LogP contribution in [0, 0.1) is 9.39 Å². The van der Waals surface area contributed by atoms with Crippen molar-refractivity contribution in [3.05, 3.63) is 31.6 Å². The van der Waals surface area contributed by atoms with Crippen molar-refractivity contribution in [1.29, 1.82) is 0 Å². The lowest BCUT2D eigenvalue weighted by Crippen LogP contribution is -1.91. The normalized spacial score (nSPS) is 9.73. The van der Waals surface area contributed by atoms with Gasteiger partial charge in [-0.15, -0.1) is 0 Å². The number of halogens is 3. The van der Waals surface area contributed by atoms with E-state index in [2.05, 4.69) is 15.9 Å². The van der Waals surface area contributed by atoms with Gasteiger partial charge in [-0.3, -0.25) is 4.79 Å². The second kappa shape index (κ2) is 3.62. The van der Waals surface area contributed by atoms with Crippen LogP contribution in [0.25, 0.3) is 0 Å². The predicted molar refractivity (Wildman–Crippen MR) is 52.2 cm³/mol. The van der Waals surface area contributed by atoms with Gasteiger partial charge in [-0.1, -0.05) is 0 Å². The summed E-state index contributed by atoms with van der Waals surface area (Å²) in [6, 6.07) is 3.09. The van der Waals surface area contributed by atoms with Gasteiger partial charge in [0.15, 0.2) is 6.29 Å². The zero-order valence-electron chi connectivity index (χ0n) is 5.27. The Kier molecular flexibility index (Phi) is 3.00. The Balaban J connectivity index is 3.36. The number of aldehydes is 1. The molecule has 11 heavy (non-hydrogen) atoms. The molecular formula is C7H3BrFIO. The number of carbonyl (C=O) groups excluding carboxylic acids is 1. The first-order valence-electron chi connectivity index (χ1n) is 2.75. The van der Waals surface area contributed by atoms with Crippen molar-refractivity contribution in [2.24, 2.45) is 0 Å². The summed E-state index contributed by atoms with van der Waals surface area (Å²) < 4.78 is 14.1. The van der Waals surface area contributed by atoms with Crippen molar-refractivity contribution in [1.82, 2.24) is 0 Å². The maximum Gasteiger partial charge on any atom is 0.153 e. The zero-order valence-corrected chi connectivity index (χ0v) is 9.02. The Morgan fingerprint density at radius 3 is 2.73 bits per heavy atom. The molecule has 0 aliphatic rings. The molecule has 0 amide bonds. The van der Waals surface area contributed by atoms with Crippen molar-refractivity contribution in [3.8, 4) is 0 Å². The Morgan fingerprint density at radius 2 is 2.18 bits per heavy atom. The van der Waals surface area contributed by atoms with E-state index in [-0.39, 0.29) is 5.56 Å². The Morgan fingerprint density at radius 1 is 1.55 bits per heavy atom. The number of rotatable bonds is 1. The van der Waals surface area contributed by atoms with E-state index in [9.17, 15) is 9.18 Å². The molecule has 0 unspecified atom stereocenters. The standard InChI is InChI=1S/C7H3BrFIO/c8-5-2-1-4(3-11)6(9)7(5)10/h1-3H. The summed E-state index contributed by atoms with van der Waals surface area (Å²) in [4.78, 5) is 10.2. The monoisotopic (exact) mass is 328 g/mol. The van der Waals surface area contributed by atoms with E-state index in [0.29, 0.717) is 14.3 Å². The third kappa shape index (κ3) is 1.79. The molecule has 1 aromatic rings. The van der Waals surface area contributed by atoms with E-state index in [1.54, 1.807) is 6.07 Å². The maximum absolute atomic E-state index is 13.0. The molecule has 1 aromatic carbocycles. The van der Waals surface area contributed by atoms with Gasteiger partial charge >= 0.3 is 0 Å². The third-order valence-corrected chi connectivity index (χ3v) is 3.65. The molecule has 0 fully saturated rings. The fourth-order valence-corrected chi connectivity index (χ4v) is 1.43. The molecule has 58 valence electrons. The van der Waals surface area contributed by atoms with Crippen LogP contribution in [0.5, 0.6) is 0 Å². The molecule has 0 radical (unpaired) electrons. The SMILES string of the molecule is O=Cc1ccc(Br)c(I)c1F. The number of carbonyl (C=O) groups is 1. The van der Waals surface area contributed by atoms with Crippen LogP contribution < -0.4 is 0 Å². The summed E-state index contributed by atoms with van der Waals surface area (Å²) in [5.74, 6) is -0.463. The quantitative estimate of drug-likeness (QED) is 0.440. The van der Waals surface area contributed by atoms with Crippen LogP contribution in [-0.4, -0.2) is 6.29 Å². The van der Waals surface area contributed by atoms with Crippen LogP contribution in [0.4, 0.5) is 4.39 Å². The van der Waals surface area contributed by atoms with E-state index in [0.717, 1.165) is 0 Å².